The minimum atomic E-state index is -0.188. The molecule has 0 fully saturated rings. The number of nitrogens with one attached hydrogen (secondary N) is 1. The van der Waals surface area contributed by atoms with Crippen LogP contribution >= 0.6 is 15.9 Å². The van der Waals surface area contributed by atoms with Gasteiger partial charge in [-0.3, -0.25) is 4.79 Å². The minimum absolute atomic E-state index is 0.188. The molecule has 0 bridgehead atoms. The molecule has 0 spiro atoms. The third-order valence-electron chi connectivity index (χ3n) is 2.75. The minimum Gasteiger partial charge on any atom is -0.494 e. The second-order valence-corrected chi connectivity index (χ2v) is 4.85. The van der Waals surface area contributed by atoms with Crippen molar-refractivity contribution < 1.29 is 13.9 Å². The molecule has 0 aliphatic rings. The summed E-state index contributed by atoms with van der Waals surface area (Å²) < 4.78 is 10.6. The molecule has 0 aliphatic carbocycles. The average molecular weight is 338 g/mol. The van der Waals surface area contributed by atoms with E-state index in [9.17, 15) is 4.79 Å². The number of carbonyl (C=O) groups excluding carboxylic acids is 1. The predicted molar refractivity (Wildman–Crippen MR) is 81.6 cm³/mol. The summed E-state index contributed by atoms with van der Waals surface area (Å²) in [5, 5.41) is 3.50. The first-order valence-corrected chi connectivity index (χ1v) is 7.44. The van der Waals surface area contributed by atoms with E-state index in [1.807, 2.05) is 25.1 Å². The maximum atomic E-state index is 12.0. The largest absolute Gasteiger partial charge is 0.494 e. The number of anilines is 1. The molecule has 1 aromatic carbocycles. The smallest absolute Gasteiger partial charge is 0.258 e. The first-order chi connectivity index (χ1) is 9.63. The van der Waals surface area contributed by atoms with Gasteiger partial charge in [-0.25, -0.2) is 0 Å². The van der Waals surface area contributed by atoms with Crippen LogP contribution in [0.15, 0.2) is 34.9 Å². The van der Waals surface area contributed by atoms with Gasteiger partial charge in [-0.1, -0.05) is 15.9 Å². The molecule has 5 heteroatoms. The van der Waals surface area contributed by atoms with E-state index in [2.05, 4.69) is 21.2 Å². The maximum absolute atomic E-state index is 12.0. The molecule has 0 atom stereocenters. The standard InChI is InChI=1S/C15H16BrNO3/c1-3-19-14-5-4-13(7-11(14)8-16)17-15(18)12-6-10(2)20-9-12/h4-7,9H,3,8H2,1-2H3,(H,17,18). The fraction of sp³-hybridized carbons (Fsp3) is 0.267. The zero-order valence-electron chi connectivity index (χ0n) is 11.4. The highest BCUT2D eigenvalue weighted by molar-refractivity contribution is 9.08. The Hall–Kier alpha value is -1.75. The summed E-state index contributed by atoms with van der Waals surface area (Å²) in [5.74, 6) is 1.34. The molecule has 1 N–H and O–H groups in total. The predicted octanol–water partition coefficient (Wildman–Crippen LogP) is 4.13. The summed E-state index contributed by atoms with van der Waals surface area (Å²) in [5.41, 5.74) is 2.23. The number of hydrogen-bond donors (Lipinski definition) is 1. The van der Waals surface area contributed by atoms with E-state index in [0.717, 1.165) is 17.0 Å². The highest BCUT2D eigenvalue weighted by Gasteiger charge is 2.10. The highest BCUT2D eigenvalue weighted by atomic mass is 79.9. The molecule has 1 aromatic heterocycles. The number of rotatable bonds is 5. The zero-order valence-corrected chi connectivity index (χ0v) is 13.0. The second kappa shape index (κ2) is 6.61. The number of ether oxygens (including phenoxy) is 1. The Kier molecular flexibility index (Phi) is 4.84. The van der Waals surface area contributed by atoms with Gasteiger partial charge in [0.15, 0.2) is 0 Å². The Balaban J connectivity index is 2.15. The number of benzene rings is 1. The molecule has 2 aromatic rings. The van der Waals surface area contributed by atoms with Crippen molar-refractivity contribution in [2.45, 2.75) is 19.2 Å². The fourth-order valence-electron chi connectivity index (χ4n) is 1.82. The second-order valence-electron chi connectivity index (χ2n) is 4.29. The van der Waals surface area contributed by atoms with Crippen LogP contribution in [0.2, 0.25) is 0 Å². The Bertz CT molecular complexity index is 607. The van der Waals surface area contributed by atoms with E-state index in [1.54, 1.807) is 13.0 Å². The summed E-state index contributed by atoms with van der Waals surface area (Å²) in [6.07, 6.45) is 1.45. The molecule has 106 valence electrons. The monoisotopic (exact) mass is 337 g/mol. The van der Waals surface area contributed by atoms with Crippen molar-refractivity contribution in [3.8, 4) is 5.75 Å². The van der Waals surface area contributed by atoms with Crippen LogP contribution in [0.1, 0.15) is 28.6 Å². The fourth-order valence-corrected chi connectivity index (χ4v) is 2.26. The molecule has 0 saturated heterocycles. The number of hydrogen-bond acceptors (Lipinski definition) is 3. The Morgan fingerprint density at radius 1 is 1.40 bits per heavy atom. The molecule has 0 radical (unpaired) electrons. The van der Waals surface area contributed by atoms with Crippen LogP contribution in [0.3, 0.4) is 0 Å². The van der Waals surface area contributed by atoms with Gasteiger partial charge >= 0.3 is 0 Å². The Labute approximate surface area is 126 Å². The average Bonchev–Trinajstić information content (AvgIpc) is 2.87. The normalized spacial score (nSPS) is 10.3. The van der Waals surface area contributed by atoms with Gasteiger partial charge in [0.25, 0.3) is 5.91 Å². The molecule has 4 nitrogen and oxygen atoms in total. The van der Waals surface area contributed by atoms with Gasteiger partial charge in [-0.2, -0.15) is 0 Å². The van der Waals surface area contributed by atoms with Crippen molar-refractivity contribution in [3.63, 3.8) is 0 Å². The molecule has 1 heterocycles. The third-order valence-corrected chi connectivity index (χ3v) is 3.36. The van der Waals surface area contributed by atoms with Crippen molar-refractivity contribution in [1.29, 1.82) is 0 Å². The Morgan fingerprint density at radius 3 is 2.80 bits per heavy atom. The summed E-state index contributed by atoms with van der Waals surface area (Å²) in [4.78, 5) is 12.0. The molecule has 0 aliphatic heterocycles. The zero-order chi connectivity index (χ0) is 14.5. The summed E-state index contributed by atoms with van der Waals surface area (Å²) in [7, 11) is 0. The van der Waals surface area contributed by atoms with Crippen LogP contribution in [0.4, 0.5) is 5.69 Å². The van der Waals surface area contributed by atoms with Crippen molar-refractivity contribution in [3.05, 3.63) is 47.4 Å². The number of alkyl halides is 1. The van der Waals surface area contributed by atoms with E-state index in [1.165, 1.54) is 6.26 Å². The lowest BCUT2D eigenvalue weighted by Gasteiger charge is -2.11. The van der Waals surface area contributed by atoms with E-state index in [0.29, 0.717) is 23.3 Å². The van der Waals surface area contributed by atoms with Crippen LogP contribution in [0.25, 0.3) is 0 Å². The van der Waals surface area contributed by atoms with Crippen LogP contribution in [-0.4, -0.2) is 12.5 Å². The van der Waals surface area contributed by atoms with Crippen LogP contribution < -0.4 is 10.1 Å². The molecule has 0 unspecified atom stereocenters. The van der Waals surface area contributed by atoms with E-state index < -0.39 is 0 Å². The van der Waals surface area contributed by atoms with Gasteiger partial charge in [-0.05, 0) is 38.1 Å². The number of halogens is 1. The summed E-state index contributed by atoms with van der Waals surface area (Å²) >= 11 is 3.42. The van der Waals surface area contributed by atoms with Crippen LogP contribution in [0, 0.1) is 6.92 Å². The lowest BCUT2D eigenvalue weighted by Crippen LogP contribution is -2.11. The molecule has 2 rings (SSSR count). The summed E-state index contributed by atoms with van der Waals surface area (Å²) in [6, 6.07) is 7.28. The molecule has 0 saturated carbocycles. The number of aryl methyl sites for hydroxylation is 1. The molecular weight excluding hydrogens is 322 g/mol. The van der Waals surface area contributed by atoms with Gasteiger partial charge < -0.3 is 14.5 Å². The third kappa shape index (κ3) is 3.42. The Morgan fingerprint density at radius 2 is 2.20 bits per heavy atom. The van der Waals surface area contributed by atoms with Crippen LogP contribution in [0.5, 0.6) is 5.75 Å². The van der Waals surface area contributed by atoms with E-state index >= 15 is 0 Å². The van der Waals surface area contributed by atoms with Crippen molar-refractivity contribution in [2.24, 2.45) is 0 Å². The van der Waals surface area contributed by atoms with Crippen molar-refractivity contribution in [1.82, 2.24) is 0 Å². The van der Waals surface area contributed by atoms with Crippen LogP contribution in [-0.2, 0) is 5.33 Å². The number of amides is 1. The lowest BCUT2D eigenvalue weighted by molar-refractivity contribution is 0.102. The van der Waals surface area contributed by atoms with E-state index in [-0.39, 0.29) is 5.91 Å². The highest BCUT2D eigenvalue weighted by Crippen LogP contribution is 2.25. The quantitative estimate of drug-likeness (QED) is 0.834. The summed E-state index contributed by atoms with van der Waals surface area (Å²) in [6.45, 7) is 4.35. The number of carbonyl (C=O) groups is 1. The van der Waals surface area contributed by atoms with Crippen molar-refractivity contribution >= 4 is 27.5 Å². The van der Waals surface area contributed by atoms with Gasteiger partial charge in [-0.15, -0.1) is 0 Å². The van der Waals surface area contributed by atoms with Gasteiger partial charge in [0.2, 0.25) is 0 Å². The first kappa shape index (κ1) is 14.7. The number of furan rings is 1. The molecule has 20 heavy (non-hydrogen) atoms. The SMILES string of the molecule is CCOc1ccc(NC(=O)c2coc(C)c2)cc1CBr. The first-order valence-electron chi connectivity index (χ1n) is 6.32. The van der Waals surface area contributed by atoms with Gasteiger partial charge in [0, 0.05) is 16.6 Å². The van der Waals surface area contributed by atoms with Gasteiger partial charge in [0.05, 0.1) is 12.2 Å². The maximum Gasteiger partial charge on any atom is 0.258 e. The molecular formula is C15H16BrNO3. The van der Waals surface area contributed by atoms with E-state index in [4.69, 9.17) is 9.15 Å². The van der Waals surface area contributed by atoms with Gasteiger partial charge in [0.1, 0.15) is 17.8 Å². The molecule has 1 amide bonds. The van der Waals surface area contributed by atoms with Crippen molar-refractivity contribution in [2.75, 3.05) is 11.9 Å². The topological polar surface area (TPSA) is 51.5 Å². The lowest BCUT2D eigenvalue weighted by atomic mass is 10.2.